The average molecular weight is 900 g/mol. The van der Waals surface area contributed by atoms with Crippen LogP contribution in [-0.2, 0) is 38.2 Å². The average Bonchev–Trinajstić information content (AvgIpc) is 3.92. The third kappa shape index (κ3) is 16.0. The van der Waals surface area contributed by atoms with Gasteiger partial charge in [-0.1, -0.05) is 13.8 Å². The van der Waals surface area contributed by atoms with Gasteiger partial charge in [-0.25, -0.2) is 18.4 Å². The number of halogens is 5. The number of urea groups is 1. The van der Waals surface area contributed by atoms with Crippen molar-refractivity contribution in [3.05, 3.63) is 59.7 Å². The van der Waals surface area contributed by atoms with E-state index in [0.717, 1.165) is 18.2 Å². The molecule has 7 amide bonds. The molecule has 2 aromatic rings. The summed E-state index contributed by atoms with van der Waals surface area (Å²) in [5.74, 6) is -4.14. The number of hydrogen-bond acceptors (Lipinski definition) is 10. The van der Waals surface area contributed by atoms with E-state index >= 15 is 0 Å². The predicted octanol–water partition coefficient (Wildman–Crippen LogP) is 3.53. The Morgan fingerprint density at radius 2 is 1.44 bits per heavy atom. The van der Waals surface area contributed by atoms with Crippen LogP contribution in [0.2, 0.25) is 0 Å². The highest BCUT2D eigenvalue weighted by molar-refractivity contribution is 5.96. The minimum absolute atomic E-state index is 0.0227. The van der Waals surface area contributed by atoms with Crippen molar-refractivity contribution >= 4 is 47.2 Å². The maximum absolute atomic E-state index is 13.4. The number of cyclic esters (lactones) is 1. The zero-order valence-corrected chi connectivity index (χ0v) is 35.6. The zero-order chi connectivity index (χ0) is 47.0. The standard InChI is InChI=1S/C22H32N4O7.C10H10F3N3O3.C7H6F2.C2H6/c1-13-11-18(27)24-7-3-5-15(24)21(30)26-9-10-32-12-17(26)19(28)23-14(2)20(29)25-8-4-6-16(25)22(31)33-13;11-10(12,13)19-7-3-1-6(2-4-7)16-9(18)15-5-8(14)17;1-5-2-6(8)4-7(9)3-5;1-2/h13-17H,3-12H2,1-2H3,(H,23,28);1-4H,5H2,(H2,14,17)(H2,15,16,18);2-4H,1H3;1-2H3. The Kier molecular flexibility index (Phi) is 19.5. The summed E-state index contributed by atoms with van der Waals surface area (Å²) in [5, 5.41) is 7.14. The number of hydrogen-bond donors (Lipinski definition) is 4. The number of aryl methyl sites for hydroxylation is 1. The number of ether oxygens (including phenoxy) is 3. The van der Waals surface area contributed by atoms with E-state index in [9.17, 15) is 55.5 Å². The quantitative estimate of drug-likeness (QED) is 0.259. The molecule has 22 heteroatoms. The number of nitrogens with one attached hydrogen (secondary N) is 3. The summed E-state index contributed by atoms with van der Waals surface area (Å²) in [6, 6.07) is 4.06. The number of rotatable bonds is 4. The molecule has 5 N–H and O–H groups in total. The number of carbonyl (C=O) groups excluding carboxylic acids is 7. The normalized spacial score (nSPS) is 22.8. The lowest BCUT2D eigenvalue weighted by Gasteiger charge is -2.38. The SMILES string of the molecule is CC.CC1CC(=O)N2CCCC2C(=O)N2CCOCC2C(=O)NC(C)C(=O)N2CCCC2C(=O)O1.Cc1cc(F)cc(F)c1.NC(=O)CNC(=O)Nc1ccc(OC(F)(F)F)cc1. The molecule has 0 aromatic heterocycles. The van der Waals surface area contributed by atoms with Crippen molar-refractivity contribution in [1.29, 1.82) is 0 Å². The van der Waals surface area contributed by atoms with Crippen molar-refractivity contribution in [3.8, 4) is 5.75 Å². The lowest BCUT2D eigenvalue weighted by molar-refractivity contribution is -0.274. The van der Waals surface area contributed by atoms with E-state index < -0.39 is 77.8 Å². The summed E-state index contributed by atoms with van der Waals surface area (Å²) in [6.45, 7) is 9.90. The largest absolute Gasteiger partial charge is 0.573 e. The van der Waals surface area contributed by atoms with Crippen molar-refractivity contribution in [2.24, 2.45) is 5.73 Å². The van der Waals surface area contributed by atoms with Crippen LogP contribution in [-0.4, -0.2) is 132 Å². The molecular formula is C41H54F5N7O10. The first kappa shape index (κ1) is 51.3. The van der Waals surface area contributed by atoms with Gasteiger partial charge in [-0.05, 0) is 88.4 Å². The molecule has 0 aliphatic carbocycles. The van der Waals surface area contributed by atoms with Gasteiger partial charge in [0.1, 0.15) is 47.7 Å². The van der Waals surface area contributed by atoms with E-state index in [2.05, 4.69) is 20.7 Å². The second-order valence-corrected chi connectivity index (χ2v) is 14.5. The third-order valence-electron chi connectivity index (χ3n) is 9.66. The van der Waals surface area contributed by atoms with Crippen LogP contribution in [0.5, 0.6) is 5.75 Å². The Morgan fingerprint density at radius 1 is 0.857 bits per heavy atom. The van der Waals surface area contributed by atoms with Crippen LogP contribution in [0.25, 0.3) is 0 Å². The number of morpholine rings is 1. The number of carbonyl (C=O) groups is 7. The first-order valence-electron chi connectivity index (χ1n) is 20.3. The van der Waals surface area contributed by atoms with E-state index in [0.29, 0.717) is 50.9 Å². The van der Waals surface area contributed by atoms with Crippen molar-refractivity contribution in [2.75, 3.05) is 44.7 Å². The number of alkyl halides is 3. The van der Waals surface area contributed by atoms with Gasteiger partial charge in [-0.3, -0.25) is 24.0 Å². The molecule has 63 heavy (non-hydrogen) atoms. The molecule has 5 unspecified atom stereocenters. The zero-order valence-electron chi connectivity index (χ0n) is 35.6. The fourth-order valence-electron chi connectivity index (χ4n) is 6.95. The molecule has 4 fully saturated rings. The number of benzene rings is 2. The van der Waals surface area contributed by atoms with Gasteiger partial charge in [-0.2, -0.15) is 0 Å². The van der Waals surface area contributed by atoms with Crippen molar-refractivity contribution in [3.63, 3.8) is 0 Å². The van der Waals surface area contributed by atoms with Gasteiger partial charge in [0.2, 0.25) is 29.5 Å². The predicted molar refractivity (Wildman–Crippen MR) is 215 cm³/mol. The monoisotopic (exact) mass is 899 g/mol. The van der Waals surface area contributed by atoms with Crippen LogP contribution in [0.15, 0.2) is 42.5 Å². The molecule has 4 aliphatic rings. The molecule has 4 saturated heterocycles. The highest BCUT2D eigenvalue weighted by Gasteiger charge is 2.44. The number of nitrogens with two attached hydrogens (primary N) is 1. The highest BCUT2D eigenvalue weighted by Crippen LogP contribution is 2.26. The van der Waals surface area contributed by atoms with Gasteiger partial charge in [0.05, 0.1) is 26.2 Å². The first-order chi connectivity index (χ1) is 29.7. The molecule has 0 radical (unpaired) electrons. The van der Waals surface area contributed by atoms with E-state index in [1.54, 1.807) is 20.8 Å². The number of nitrogens with zero attached hydrogens (tertiary/aromatic N) is 3. The van der Waals surface area contributed by atoms with Crippen LogP contribution in [0.4, 0.5) is 32.4 Å². The van der Waals surface area contributed by atoms with Gasteiger partial charge in [0.15, 0.2) is 0 Å². The summed E-state index contributed by atoms with van der Waals surface area (Å²) >= 11 is 0. The summed E-state index contributed by atoms with van der Waals surface area (Å²) in [4.78, 5) is 91.3. The van der Waals surface area contributed by atoms with Gasteiger partial charge in [-0.15, -0.1) is 13.2 Å². The summed E-state index contributed by atoms with van der Waals surface area (Å²) in [6.07, 6.45) is -3.18. The molecule has 17 nitrogen and oxygen atoms in total. The van der Waals surface area contributed by atoms with Crippen LogP contribution in [0.1, 0.15) is 65.4 Å². The minimum atomic E-state index is -4.77. The number of primary amides is 1. The molecule has 0 bridgehead atoms. The highest BCUT2D eigenvalue weighted by atomic mass is 19.4. The van der Waals surface area contributed by atoms with Gasteiger partial charge < -0.3 is 50.6 Å². The van der Waals surface area contributed by atoms with Crippen molar-refractivity contribution < 1.29 is 69.7 Å². The summed E-state index contributed by atoms with van der Waals surface area (Å²) in [7, 11) is 0. The Morgan fingerprint density at radius 3 is 2.03 bits per heavy atom. The van der Waals surface area contributed by atoms with Crippen LogP contribution >= 0.6 is 0 Å². The molecule has 5 atom stereocenters. The fraction of sp³-hybridized carbons (Fsp3) is 0.537. The topological polar surface area (TPSA) is 219 Å². The second-order valence-electron chi connectivity index (χ2n) is 14.5. The molecule has 6 rings (SSSR count). The maximum Gasteiger partial charge on any atom is 0.573 e. The molecule has 0 saturated carbocycles. The first-order valence-corrected chi connectivity index (χ1v) is 20.3. The van der Waals surface area contributed by atoms with Crippen LogP contribution in [0, 0.1) is 18.6 Å². The van der Waals surface area contributed by atoms with Gasteiger partial charge in [0, 0.05) is 31.4 Å². The molecule has 348 valence electrons. The lowest BCUT2D eigenvalue weighted by Crippen LogP contribution is -2.62. The van der Waals surface area contributed by atoms with Gasteiger partial charge >= 0.3 is 18.4 Å². The Labute approximate surface area is 361 Å². The molecular weight excluding hydrogens is 845 g/mol. The smallest absolute Gasteiger partial charge is 0.461 e. The van der Waals surface area contributed by atoms with Crippen LogP contribution < -0.4 is 26.4 Å². The van der Waals surface area contributed by atoms with E-state index in [1.165, 1.54) is 39.0 Å². The Bertz CT molecular complexity index is 1870. The van der Waals surface area contributed by atoms with Crippen LogP contribution in [0.3, 0.4) is 0 Å². The number of anilines is 1. The Balaban J connectivity index is 0.000000295. The maximum atomic E-state index is 13.4. The van der Waals surface area contributed by atoms with E-state index in [-0.39, 0.29) is 49.5 Å². The Hall–Kier alpha value is -6.06. The second kappa shape index (κ2) is 24.0. The van der Waals surface area contributed by atoms with E-state index in [4.69, 9.17) is 15.2 Å². The van der Waals surface area contributed by atoms with E-state index in [1.807, 2.05) is 13.8 Å². The van der Waals surface area contributed by atoms with Gasteiger partial charge in [0.25, 0.3) is 0 Å². The lowest BCUT2D eigenvalue weighted by atomic mass is 10.1. The molecule has 4 aliphatic heterocycles. The number of amides is 7. The molecule has 4 heterocycles. The number of fused-ring (bicyclic) bond motifs is 3. The van der Waals surface area contributed by atoms with Crippen molar-refractivity contribution in [2.45, 2.75) is 103 Å². The minimum Gasteiger partial charge on any atom is -0.461 e. The molecule has 2 aromatic carbocycles. The van der Waals surface area contributed by atoms with Crippen molar-refractivity contribution in [1.82, 2.24) is 25.3 Å². The fourth-order valence-corrected chi connectivity index (χ4v) is 6.95. The molecule has 0 spiro atoms. The summed E-state index contributed by atoms with van der Waals surface area (Å²) < 4.78 is 74.7. The summed E-state index contributed by atoms with van der Waals surface area (Å²) in [5.41, 5.74) is 5.65. The third-order valence-corrected chi connectivity index (χ3v) is 9.66. The number of esters is 1.